The number of carbonyl (C=O) groups excluding carboxylic acids is 2. The zero-order valence-corrected chi connectivity index (χ0v) is 19.3. The number of benzene rings is 1. The number of nitrogens with one attached hydrogen (secondary N) is 1. The van der Waals surface area contributed by atoms with Crippen molar-refractivity contribution in [3.8, 4) is 5.88 Å². The predicted octanol–water partition coefficient (Wildman–Crippen LogP) is 1.36. The molecule has 0 radical (unpaired) electrons. The first kappa shape index (κ1) is 24.6. The van der Waals surface area contributed by atoms with Crippen LogP contribution < -0.4 is 10.1 Å². The summed E-state index contributed by atoms with van der Waals surface area (Å²) in [5.74, 6) is -0.243. The molecule has 2 amide bonds. The summed E-state index contributed by atoms with van der Waals surface area (Å²) in [6.07, 6.45) is 1.57. The van der Waals surface area contributed by atoms with Crippen molar-refractivity contribution in [3.05, 3.63) is 48.7 Å². The van der Waals surface area contributed by atoms with Crippen LogP contribution in [0.15, 0.2) is 53.6 Å². The van der Waals surface area contributed by atoms with Crippen LogP contribution in [0.3, 0.4) is 0 Å². The predicted molar refractivity (Wildman–Crippen MR) is 121 cm³/mol. The van der Waals surface area contributed by atoms with Crippen molar-refractivity contribution in [3.63, 3.8) is 0 Å². The molecule has 1 saturated heterocycles. The van der Waals surface area contributed by atoms with E-state index in [1.807, 2.05) is 0 Å². The van der Waals surface area contributed by atoms with Gasteiger partial charge in [-0.15, -0.1) is 0 Å². The van der Waals surface area contributed by atoms with Crippen LogP contribution in [-0.4, -0.2) is 80.9 Å². The molecule has 2 aromatic rings. The number of ether oxygens (including phenoxy) is 2. The molecule has 33 heavy (non-hydrogen) atoms. The van der Waals surface area contributed by atoms with E-state index in [1.54, 1.807) is 60.7 Å². The number of sulfonamides is 1. The van der Waals surface area contributed by atoms with Crippen LogP contribution in [0.5, 0.6) is 5.88 Å². The molecular weight excluding hydrogens is 448 g/mol. The van der Waals surface area contributed by atoms with Gasteiger partial charge in [0.05, 0.1) is 11.5 Å². The zero-order chi connectivity index (χ0) is 23.7. The molecule has 0 atom stereocenters. The molecule has 1 N–H and O–H groups in total. The molecule has 0 aliphatic carbocycles. The number of nitrogens with zero attached hydrogens (tertiary/aromatic N) is 3. The summed E-state index contributed by atoms with van der Waals surface area (Å²) in [7, 11) is -2.02. The molecule has 0 spiro atoms. The van der Waals surface area contributed by atoms with Gasteiger partial charge in [0.2, 0.25) is 27.7 Å². The fourth-order valence-electron chi connectivity index (χ4n) is 3.33. The van der Waals surface area contributed by atoms with Crippen LogP contribution in [0.4, 0.5) is 5.69 Å². The maximum absolute atomic E-state index is 12.7. The Kier molecular flexibility index (Phi) is 8.75. The molecule has 2 heterocycles. The van der Waals surface area contributed by atoms with Crippen LogP contribution in [0.25, 0.3) is 0 Å². The number of piperazine rings is 1. The van der Waals surface area contributed by atoms with E-state index >= 15 is 0 Å². The molecule has 3 rings (SSSR count). The Labute approximate surface area is 193 Å². The number of rotatable bonds is 10. The Morgan fingerprint density at radius 1 is 1.00 bits per heavy atom. The van der Waals surface area contributed by atoms with E-state index in [1.165, 1.54) is 4.31 Å². The van der Waals surface area contributed by atoms with Crippen LogP contribution in [0.2, 0.25) is 0 Å². The van der Waals surface area contributed by atoms with Gasteiger partial charge in [0, 0.05) is 52.3 Å². The van der Waals surface area contributed by atoms with Crippen LogP contribution in [0, 0.1) is 0 Å². The van der Waals surface area contributed by atoms with Gasteiger partial charge in [-0.1, -0.05) is 18.2 Å². The van der Waals surface area contributed by atoms with Gasteiger partial charge in [0.15, 0.2) is 0 Å². The van der Waals surface area contributed by atoms with Gasteiger partial charge < -0.3 is 19.7 Å². The molecule has 1 aromatic carbocycles. The van der Waals surface area contributed by atoms with Gasteiger partial charge in [-0.25, -0.2) is 13.4 Å². The van der Waals surface area contributed by atoms with E-state index in [0.29, 0.717) is 18.9 Å². The highest BCUT2D eigenvalue weighted by molar-refractivity contribution is 7.89. The maximum Gasteiger partial charge on any atom is 0.243 e. The second kappa shape index (κ2) is 11.7. The minimum absolute atomic E-state index is 0.00618. The average Bonchev–Trinajstić information content (AvgIpc) is 2.84. The van der Waals surface area contributed by atoms with E-state index in [9.17, 15) is 18.0 Å². The Morgan fingerprint density at radius 2 is 1.73 bits per heavy atom. The van der Waals surface area contributed by atoms with Crippen molar-refractivity contribution in [1.29, 1.82) is 0 Å². The molecule has 1 aliphatic heterocycles. The summed E-state index contributed by atoms with van der Waals surface area (Å²) in [5.41, 5.74) is 0.422. The summed E-state index contributed by atoms with van der Waals surface area (Å²) < 4.78 is 37.2. The Morgan fingerprint density at radius 3 is 2.42 bits per heavy atom. The standard InChI is InChI=1S/C22H28N4O6S/c1-31-16-17-32-22-19(8-5-11-23-22)24-20(27)9-10-21(28)25-12-14-26(15-13-25)33(29,30)18-6-3-2-4-7-18/h2-8,11H,9-10,12-17H2,1H3,(H,24,27). The lowest BCUT2D eigenvalue weighted by Gasteiger charge is -2.34. The molecule has 11 heteroatoms. The number of aromatic nitrogens is 1. The highest BCUT2D eigenvalue weighted by Gasteiger charge is 2.30. The fraction of sp³-hybridized carbons (Fsp3) is 0.409. The maximum atomic E-state index is 12.7. The number of anilines is 1. The number of amides is 2. The monoisotopic (exact) mass is 476 g/mol. The molecule has 10 nitrogen and oxygen atoms in total. The van der Waals surface area contributed by atoms with Gasteiger partial charge in [-0.05, 0) is 24.3 Å². The fourth-order valence-corrected chi connectivity index (χ4v) is 4.78. The van der Waals surface area contributed by atoms with Gasteiger partial charge in [0.25, 0.3) is 0 Å². The summed E-state index contributed by atoms with van der Waals surface area (Å²) in [6, 6.07) is 11.6. The van der Waals surface area contributed by atoms with Crippen LogP contribution in [-0.2, 0) is 24.3 Å². The molecule has 1 aliphatic rings. The third-order valence-electron chi connectivity index (χ3n) is 5.11. The molecular formula is C22H28N4O6S. The average molecular weight is 477 g/mol. The number of methoxy groups -OCH3 is 1. The van der Waals surface area contributed by atoms with Crippen LogP contribution >= 0.6 is 0 Å². The lowest BCUT2D eigenvalue weighted by molar-refractivity contribution is -0.133. The van der Waals surface area contributed by atoms with Crippen molar-refractivity contribution in [2.75, 3.05) is 51.8 Å². The van der Waals surface area contributed by atoms with Crippen molar-refractivity contribution >= 4 is 27.5 Å². The molecule has 1 aromatic heterocycles. The Balaban J connectivity index is 1.46. The molecule has 178 valence electrons. The summed E-state index contributed by atoms with van der Waals surface area (Å²) in [5, 5.41) is 2.72. The smallest absolute Gasteiger partial charge is 0.243 e. The van der Waals surface area contributed by atoms with Crippen molar-refractivity contribution in [1.82, 2.24) is 14.2 Å². The minimum Gasteiger partial charge on any atom is -0.474 e. The highest BCUT2D eigenvalue weighted by atomic mass is 32.2. The van der Waals surface area contributed by atoms with E-state index < -0.39 is 10.0 Å². The third-order valence-corrected chi connectivity index (χ3v) is 7.02. The van der Waals surface area contributed by atoms with Gasteiger partial charge in [-0.3, -0.25) is 9.59 Å². The lowest BCUT2D eigenvalue weighted by Crippen LogP contribution is -2.50. The lowest BCUT2D eigenvalue weighted by atomic mass is 10.2. The van der Waals surface area contributed by atoms with Gasteiger partial charge in [-0.2, -0.15) is 4.31 Å². The third kappa shape index (κ3) is 6.73. The molecule has 0 bridgehead atoms. The quantitative estimate of drug-likeness (QED) is 0.515. The van der Waals surface area contributed by atoms with Crippen molar-refractivity contribution < 1.29 is 27.5 Å². The second-order valence-corrected chi connectivity index (χ2v) is 9.28. The number of hydrogen-bond acceptors (Lipinski definition) is 7. The topological polar surface area (TPSA) is 118 Å². The molecule has 0 unspecified atom stereocenters. The highest BCUT2D eigenvalue weighted by Crippen LogP contribution is 2.21. The summed E-state index contributed by atoms with van der Waals surface area (Å²) in [4.78, 5) is 30.8. The first-order valence-electron chi connectivity index (χ1n) is 10.6. The zero-order valence-electron chi connectivity index (χ0n) is 18.5. The van der Waals surface area contributed by atoms with Crippen LogP contribution in [0.1, 0.15) is 12.8 Å². The number of pyridine rings is 1. The largest absolute Gasteiger partial charge is 0.474 e. The van der Waals surface area contributed by atoms with E-state index in [-0.39, 0.29) is 61.6 Å². The number of hydrogen-bond donors (Lipinski definition) is 1. The molecule has 0 saturated carbocycles. The molecule has 1 fully saturated rings. The number of carbonyl (C=O) groups is 2. The summed E-state index contributed by atoms with van der Waals surface area (Å²) >= 11 is 0. The van der Waals surface area contributed by atoms with Crippen molar-refractivity contribution in [2.24, 2.45) is 0 Å². The second-order valence-electron chi connectivity index (χ2n) is 7.34. The van der Waals surface area contributed by atoms with E-state index in [0.717, 1.165) is 0 Å². The normalized spacial score (nSPS) is 14.6. The van der Waals surface area contributed by atoms with Gasteiger partial charge >= 0.3 is 0 Å². The Bertz CT molecular complexity index is 1040. The van der Waals surface area contributed by atoms with E-state index in [4.69, 9.17) is 9.47 Å². The van der Waals surface area contributed by atoms with Crippen molar-refractivity contribution in [2.45, 2.75) is 17.7 Å². The first-order chi connectivity index (χ1) is 15.9. The first-order valence-corrected chi connectivity index (χ1v) is 12.1. The minimum atomic E-state index is -3.58. The van der Waals surface area contributed by atoms with E-state index in [2.05, 4.69) is 10.3 Å². The summed E-state index contributed by atoms with van der Waals surface area (Å²) in [6.45, 7) is 1.68. The Hall–Kier alpha value is -3.02. The SMILES string of the molecule is COCCOc1ncccc1NC(=O)CCC(=O)N1CCN(S(=O)(=O)c2ccccc2)CC1. The van der Waals surface area contributed by atoms with Gasteiger partial charge in [0.1, 0.15) is 12.3 Å².